The number of hydrogen-bond acceptors (Lipinski definition) is 4. The number of Topliss-reactive ketones (excluding diaryl/α,β-unsaturated/α-hetero) is 2. The van der Waals surface area contributed by atoms with Gasteiger partial charge in [0.05, 0.1) is 21.1 Å². The summed E-state index contributed by atoms with van der Waals surface area (Å²) in [4.78, 5) is 37.4. The minimum Gasteiger partial charge on any atom is -0.437 e. The number of quaternary nitrogens is 1. The first kappa shape index (κ1) is 20.8. The molecular formula is C17H32NO4+. The first-order valence-corrected chi connectivity index (χ1v) is 8.21. The maximum atomic E-state index is 12.7. The third-order valence-electron chi connectivity index (χ3n) is 3.29. The number of ketones is 2. The third kappa shape index (κ3) is 6.26. The molecule has 5 heteroatoms. The van der Waals surface area contributed by atoms with Gasteiger partial charge in [0.1, 0.15) is 6.54 Å². The lowest BCUT2D eigenvalue weighted by Gasteiger charge is -2.36. The Kier molecular flexibility index (Phi) is 8.53. The van der Waals surface area contributed by atoms with Crippen molar-refractivity contribution >= 4 is 17.5 Å². The lowest BCUT2D eigenvalue weighted by atomic mass is 9.86. The van der Waals surface area contributed by atoms with Crippen LogP contribution in [0.2, 0.25) is 0 Å². The van der Waals surface area contributed by atoms with Gasteiger partial charge in [-0.2, -0.15) is 0 Å². The van der Waals surface area contributed by atoms with Gasteiger partial charge in [0.2, 0.25) is 0 Å². The van der Waals surface area contributed by atoms with Crippen LogP contribution in [0, 0.1) is 0 Å². The number of hydrogen-bond donors (Lipinski definition) is 0. The number of esters is 1. The number of carbonyl (C=O) groups excluding carboxylic acids is 3. The lowest BCUT2D eigenvalue weighted by molar-refractivity contribution is -0.874. The van der Waals surface area contributed by atoms with Gasteiger partial charge < -0.3 is 9.22 Å². The monoisotopic (exact) mass is 314 g/mol. The molecule has 5 nitrogen and oxygen atoms in total. The van der Waals surface area contributed by atoms with Gasteiger partial charge in [0.15, 0.2) is 11.6 Å². The van der Waals surface area contributed by atoms with E-state index in [9.17, 15) is 14.4 Å². The van der Waals surface area contributed by atoms with Crippen molar-refractivity contribution in [3.63, 3.8) is 0 Å². The molecule has 0 aromatic rings. The maximum absolute atomic E-state index is 12.7. The van der Waals surface area contributed by atoms with Crippen LogP contribution in [0.1, 0.15) is 59.3 Å². The Balaban J connectivity index is 5.73. The zero-order valence-electron chi connectivity index (χ0n) is 15.0. The molecule has 0 bridgehead atoms. The molecule has 0 amide bonds. The molecule has 0 aromatic carbocycles. The van der Waals surface area contributed by atoms with E-state index in [1.807, 2.05) is 41.9 Å². The minimum absolute atomic E-state index is 0.181. The molecule has 0 aliphatic rings. The Bertz CT molecular complexity index is 378. The van der Waals surface area contributed by atoms with Crippen molar-refractivity contribution in [1.82, 2.24) is 0 Å². The molecule has 22 heavy (non-hydrogen) atoms. The second kappa shape index (κ2) is 9.03. The molecule has 0 unspecified atom stereocenters. The van der Waals surface area contributed by atoms with E-state index >= 15 is 0 Å². The van der Waals surface area contributed by atoms with E-state index in [0.29, 0.717) is 23.7 Å². The van der Waals surface area contributed by atoms with Gasteiger partial charge in [0, 0.05) is 19.3 Å². The summed E-state index contributed by atoms with van der Waals surface area (Å²) in [7, 11) is 5.67. The third-order valence-corrected chi connectivity index (χ3v) is 3.29. The van der Waals surface area contributed by atoms with Gasteiger partial charge in [-0.15, -0.1) is 0 Å². The van der Waals surface area contributed by atoms with Crippen LogP contribution in [0.15, 0.2) is 0 Å². The summed E-state index contributed by atoms with van der Waals surface area (Å²) in [5, 5.41) is 0. The standard InChI is InChI=1S/C17H32NO4/c1-7-10-14(19)17(13-18(4,5)6,15(20)11-8-2)22-16(21)12-9-3/h7-13H2,1-6H3/q+1. The largest absolute Gasteiger partial charge is 0.437 e. The van der Waals surface area contributed by atoms with Gasteiger partial charge in [-0.3, -0.25) is 14.4 Å². The second-order valence-corrected chi connectivity index (χ2v) is 6.85. The molecule has 0 N–H and O–H groups in total. The number of nitrogens with zero attached hydrogens (tertiary/aromatic N) is 1. The highest BCUT2D eigenvalue weighted by molar-refractivity contribution is 6.11. The molecule has 0 heterocycles. The highest BCUT2D eigenvalue weighted by Gasteiger charge is 2.51. The Hall–Kier alpha value is -1.23. The molecule has 0 spiro atoms. The number of rotatable bonds is 11. The molecule has 0 aliphatic carbocycles. The molecule has 0 saturated carbocycles. The fraction of sp³-hybridized carbons (Fsp3) is 0.824. The second-order valence-electron chi connectivity index (χ2n) is 6.85. The first-order chi connectivity index (χ1) is 10.1. The molecule has 128 valence electrons. The van der Waals surface area contributed by atoms with Crippen molar-refractivity contribution in [1.29, 1.82) is 0 Å². The fourth-order valence-electron chi connectivity index (χ4n) is 2.45. The summed E-state index contributed by atoms with van der Waals surface area (Å²) >= 11 is 0. The highest BCUT2D eigenvalue weighted by atomic mass is 16.6. The van der Waals surface area contributed by atoms with Crippen molar-refractivity contribution in [3.05, 3.63) is 0 Å². The van der Waals surface area contributed by atoms with Crippen molar-refractivity contribution in [2.75, 3.05) is 27.7 Å². The van der Waals surface area contributed by atoms with Gasteiger partial charge >= 0.3 is 5.97 Å². The van der Waals surface area contributed by atoms with Gasteiger partial charge in [0.25, 0.3) is 5.60 Å². The Morgan fingerprint density at radius 1 is 0.818 bits per heavy atom. The van der Waals surface area contributed by atoms with Crippen LogP contribution in [0.4, 0.5) is 0 Å². The number of ether oxygens (including phenoxy) is 1. The van der Waals surface area contributed by atoms with Crippen molar-refractivity contribution in [3.8, 4) is 0 Å². The molecule has 0 fully saturated rings. The van der Waals surface area contributed by atoms with Crippen molar-refractivity contribution < 1.29 is 23.6 Å². The van der Waals surface area contributed by atoms with Gasteiger partial charge in [-0.25, -0.2) is 0 Å². The average Bonchev–Trinajstić information content (AvgIpc) is 2.36. The Morgan fingerprint density at radius 3 is 1.55 bits per heavy atom. The summed E-state index contributed by atoms with van der Waals surface area (Å²) < 4.78 is 5.91. The normalized spacial score (nSPS) is 12.1. The summed E-state index contributed by atoms with van der Waals surface area (Å²) in [6.45, 7) is 5.81. The van der Waals surface area contributed by atoms with E-state index in [2.05, 4.69) is 0 Å². The van der Waals surface area contributed by atoms with E-state index in [1.54, 1.807) is 0 Å². The zero-order valence-corrected chi connectivity index (χ0v) is 15.0. The van der Waals surface area contributed by atoms with Crippen LogP contribution in [0.25, 0.3) is 0 Å². The maximum Gasteiger partial charge on any atom is 0.307 e. The van der Waals surface area contributed by atoms with E-state index in [4.69, 9.17) is 4.74 Å². The summed E-state index contributed by atoms with van der Waals surface area (Å²) in [6, 6.07) is 0. The van der Waals surface area contributed by atoms with Crippen LogP contribution in [0.5, 0.6) is 0 Å². The van der Waals surface area contributed by atoms with Crippen LogP contribution in [0.3, 0.4) is 0 Å². The summed E-state index contributed by atoms with van der Waals surface area (Å²) in [5.74, 6) is -1.01. The highest BCUT2D eigenvalue weighted by Crippen LogP contribution is 2.24. The molecular weight excluding hydrogens is 282 g/mol. The zero-order chi connectivity index (χ0) is 17.4. The molecule has 0 atom stereocenters. The van der Waals surface area contributed by atoms with Crippen LogP contribution < -0.4 is 0 Å². The molecule has 0 aromatic heterocycles. The predicted octanol–water partition coefficient (Wildman–Crippen LogP) is 2.51. The molecule has 0 aliphatic heterocycles. The first-order valence-electron chi connectivity index (χ1n) is 8.21. The summed E-state index contributed by atoms with van der Waals surface area (Å²) in [6.07, 6.45) is 2.59. The smallest absolute Gasteiger partial charge is 0.307 e. The topological polar surface area (TPSA) is 60.4 Å². The van der Waals surface area contributed by atoms with Gasteiger partial charge in [-0.1, -0.05) is 20.8 Å². The van der Waals surface area contributed by atoms with Crippen molar-refractivity contribution in [2.24, 2.45) is 0 Å². The summed E-state index contributed by atoms with van der Waals surface area (Å²) in [5.41, 5.74) is -1.63. The van der Waals surface area contributed by atoms with Crippen LogP contribution >= 0.6 is 0 Å². The average molecular weight is 314 g/mol. The van der Waals surface area contributed by atoms with E-state index in [1.165, 1.54) is 0 Å². The van der Waals surface area contributed by atoms with E-state index in [-0.39, 0.29) is 37.4 Å². The van der Waals surface area contributed by atoms with E-state index < -0.39 is 11.6 Å². The minimum atomic E-state index is -1.63. The van der Waals surface area contributed by atoms with Crippen LogP contribution in [-0.2, 0) is 19.1 Å². The quantitative estimate of drug-likeness (QED) is 0.334. The van der Waals surface area contributed by atoms with E-state index in [0.717, 1.165) is 0 Å². The Labute approximate surface area is 134 Å². The number of carbonyl (C=O) groups is 3. The van der Waals surface area contributed by atoms with Crippen molar-refractivity contribution in [2.45, 2.75) is 64.9 Å². The predicted molar refractivity (Wildman–Crippen MR) is 86.5 cm³/mol. The molecule has 0 saturated heterocycles. The van der Waals surface area contributed by atoms with Crippen LogP contribution in [-0.4, -0.2) is 55.3 Å². The Morgan fingerprint density at radius 2 is 1.23 bits per heavy atom. The molecule has 0 radical (unpaired) electrons. The molecule has 0 rings (SSSR count). The lowest BCUT2D eigenvalue weighted by Crippen LogP contribution is -2.60. The van der Waals surface area contributed by atoms with Gasteiger partial charge in [-0.05, 0) is 19.3 Å². The fourth-order valence-corrected chi connectivity index (χ4v) is 2.45. The number of likely N-dealkylation sites (N-methyl/N-ethyl adjacent to an activating group) is 1. The SMILES string of the molecule is CCCC(=O)OC(C[N+](C)(C)C)(C(=O)CCC)C(=O)CCC.